The molecule has 8 rings (SSSR count). The maximum Gasteiger partial charge on any atom is 0.160 e. The van der Waals surface area contributed by atoms with Gasteiger partial charge in [-0.05, 0) is 41.3 Å². The van der Waals surface area contributed by atoms with Crippen molar-refractivity contribution in [3.05, 3.63) is 152 Å². The summed E-state index contributed by atoms with van der Waals surface area (Å²) >= 11 is 0. The van der Waals surface area contributed by atoms with Gasteiger partial charge in [0.05, 0.1) is 34.0 Å². The van der Waals surface area contributed by atoms with Crippen LogP contribution in [0.2, 0.25) is 0 Å². The zero-order valence-corrected chi connectivity index (χ0v) is 23.7. The third-order valence-corrected chi connectivity index (χ3v) is 7.80. The van der Waals surface area contributed by atoms with Crippen LogP contribution in [-0.2, 0) is 0 Å². The van der Waals surface area contributed by atoms with Crippen LogP contribution in [0.1, 0.15) is 0 Å². The Balaban J connectivity index is 1.19. The van der Waals surface area contributed by atoms with Crippen LogP contribution in [0.5, 0.6) is 0 Å². The van der Waals surface area contributed by atoms with E-state index in [1.807, 2.05) is 91.3 Å². The molecule has 4 aromatic heterocycles. The predicted octanol–water partition coefficient (Wildman–Crippen LogP) is 9.30. The quantitative estimate of drug-likeness (QED) is 0.195. The molecule has 44 heavy (non-hydrogen) atoms. The molecule has 206 valence electrons. The summed E-state index contributed by atoms with van der Waals surface area (Å²) in [6, 6.07) is 47.1. The second kappa shape index (κ2) is 11.0. The molecule has 0 aliphatic heterocycles. The van der Waals surface area contributed by atoms with Gasteiger partial charge in [-0.15, -0.1) is 0 Å². The number of nitrogens with zero attached hydrogens (tertiary/aromatic N) is 5. The van der Waals surface area contributed by atoms with E-state index in [0.717, 1.165) is 67.0 Å². The molecule has 0 aliphatic carbocycles. The normalized spacial score (nSPS) is 11.2. The first-order valence-electron chi connectivity index (χ1n) is 14.5. The molecule has 5 heteroatoms. The lowest BCUT2D eigenvalue weighted by Gasteiger charge is -2.11. The summed E-state index contributed by atoms with van der Waals surface area (Å²) in [5.74, 6) is 0.668. The van der Waals surface area contributed by atoms with Crippen molar-refractivity contribution in [2.45, 2.75) is 0 Å². The second-order valence-corrected chi connectivity index (χ2v) is 10.6. The standard InChI is InChI=1S/C39H25N5/c1-3-11-26(12-4-1)35-24-36(44-39(43-35)27-13-5-2-6-14-27)34-20-19-29(25-41-34)28-21-22-40-37(23-28)38-32-17-8-7-15-30(32)31-16-9-10-18-33(31)42-38/h1-25H. The SMILES string of the molecule is c1ccc(-c2cc(-c3ccc(-c4ccnc(-c5nc6ccccc6c6ccccc56)c4)cn3)nc(-c3ccccc3)n2)cc1. The molecule has 0 bridgehead atoms. The largest absolute Gasteiger partial charge is 0.255 e. The molecular formula is C39H25N5. The van der Waals surface area contributed by atoms with Gasteiger partial charge in [-0.1, -0.05) is 109 Å². The fraction of sp³-hybridized carbons (Fsp3) is 0. The van der Waals surface area contributed by atoms with E-state index >= 15 is 0 Å². The van der Waals surface area contributed by atoms with Crippen molar-refractivity contribution in [1.29, 1.82) is 0 Å². The zero-order valence-electron chi connectivity index (χ0n) is 23.7. The maximum absolute atomic E-state index is 5.04. The average molecular weight is 564 g/mol. The number of rotatable bonds is 5. The van der Waals surface area contributed by atoms with Crippen molar-refractivity contribution in [3.63, 3.8) is 0 Å². The van der Waals surface area contributed by atoms with Gasteiger partial charge in [-0.2, -0.15) is 0 Å². The summed E-state index contributed by atoms with van der Waals surface area (Å²) in [7, 11) is 0. The molecule has 0 fully saturated rings. The van der Waals surface area contributed by atoms with E-state index in [0.29, 0.717) is 5.82 Å². The first-order valence-corrected chi connectivity index (χ1v) is 14.5. The number of para-hydroxylation sites is 1. The molecule has 5 nitrogen and oxygen atoms in total. The predicted molar refractivity (Wildman–Crippen MR) is 178 cm³/mol. The summed E-state index contributed by atoms with van der Waals surface area (Å²) in [4.78, 5) is 24.4. The van der Waals surface area contributed by atoms with Gasteiger partial charge in [0.25, 0.3) is 0 Å². The van der Waals surface area contributed by atoms with Gasteiger partial charge in [0, 0.05) is 39.9 Å². The van der Waals surface area contributed by atoms with Crippen molar-refractivity contribution in [1.82, 2.24) is 24.9 Å². The van der Waals surface area contributed by atoms with Crippen molar-refractivity contribution >= 4 is 21.7 Å². The number of fused-ring (bicyclic) bond motifs is 3. The number of benzene rings is 4. The monoisotopic (exact) mass is 563 g/mol. The smallest absolute Gasteiger partial charge is 0.160 e. The second-order valence-electron chi connectivity index (χ2n) is 10.6. The van der Waals surface area contributed by atoms with Crippen LogP contribution >= 0.6 is 0 Å². The van der Waals surface area contributed by atoms with E-state index in [-0.39, 0.29) is 0 Å². The summed E-state index contributed by atoms with van der Waals surface area (Å²) < 4.78 is 0. The minimum Gasteiger partial charge on any atom is -0.255 e. The third kappa shape index (κ3) is 4.76. The highest BCUT2D eigenvalue weighted by Crippen LogP contribution is 2.33. The Hall–Kier alpha value is -6.07. The Morgan fingerprint density at radius 1 is 0.364 bits per heavy atom. The van der Waals surface area contributed by atoms with Crippen LogP contribution in [-0.4, -0.2) is 24.9 Å². The molecule has 0 saturated heterocycles. The first kappa shape index (κ1) is 25.6. The fourth-order valence-corrected chi connectivity index (χ4v) is 5.61. The minimum absolute atomic E-state index is 0.668. The number of pyridine rings is 3. The van der Waals surface area contributed by atoms with E-state index in [1.165, 1.54) is 5.39 Å². The number of hydrogen-bond acceptors (Lipinski definition) is 5. The molecule has 0 N–H and O–H groups in total. The Bertz CT molecular complexity index is 2210. The van der Waals surface area contributed by atoms with Gasteiger partial charge >= 0.3 is 0 Å². The molecule has 0 spiro atoms. The summed E-state index contributed by atoms with van der Waals surface area (Å²) in [6.45, 7) is 0. The summed E-state index contributed by atoms with van der Waals surface area (Å²) in [5.41, 5.74) is 9.05. The summed E-state index contributed by atoms with van der Waals surface area (Å²) in [5, 5.41) is 3.39. The van der Waals surface area contributed by atoms with Gasteiger partial charge in [-0.3, -0.25) is 9.97 Å². The lowest BCUT2D eigenvalue weighted by atomic mass is 10.0. The van der Waals surface area contributed by atoms with Gasteiger partial charge < -0.3 is 0 Å². The van der Waals surface area contributed by atoms with Crippen LogP contribution in [0.25, 0.3) is 78.2 Å². The highest BCUT2D eigenvalue weighted by molar-refractivity contribution is 6.10. The fourth-order valence-electron chi connectivity index (χ4n) is 5.61. The first-order chi connectivity index (χ1) is 21.8. The Kier molecular flexibility index (Phi) is 6.39. The lowest BCUT2D eigenvalue weighted by molar-refractivity contribution is 1.16. The van der Waals surface area contributed by atoms with E-state index in [4.69, 9.17) is 24.9 Å². The van der Waals surface area contributed by atoms with E-state index in [9.17, 15) is 0 Å². The molecule has 8 aromatic rings. The third-order valence-electron chi connectivity index (χ3n) is 7.80. The Morgan fingerprint density at radius 3 is 1.82 bits per heavy atom. The average Bonchev–Trinajstić information content (AvgIpc) is 3.12. The van der Waals surface area contributed by atoms with Crippen molar-refractivity contribution in [2.24, 2.45) is 0 Å². The molecule has 0 unspecified atom stereocenters. The molecule has 0 atom stereocenters. The van der Waals surface area contributed by atoms with Crippen LogP contribution in [0.4, 0.5) is 0 Å². The van der Waals surface area contributed by atoms with Crippen molar-refractivity contribution in [2.75, 3.05) is 0 Å². The lowest BCUT2D eigenvalue weighted by Crippen LogP contribution is -1.97. The molecule has 4 aromatic carbocycles. The van der Waals surface area contributed by atoms with Gasteiger partial charge in [0.15, 0.2) is 5.82 Å². The topological polar surface area (TPSA) is 64.5 Å². The minimum atomic E-state index is 0.668. The highest BCUT2D eigenvalue weighted by atomic mass is 14.9. The number of aromatic nitrogens is 5. The molecule has 4 heterocycles. The molecule has 0 aliphatic rings. The van der Waals surface area contributed by atoms with Gasteiger partial charge in [-0.25, -0.2) is 15.0 Å². The van der Waals surface area contributed by atoms with Crippen LogP contribution in [0.3, 0.4) is 0 Å². The van der Waals surface area contributed by atoms with E-state index in [2.05, 4.69) is 60.7 Å². The van der Waals surface area contributed by atoms with E-state index < -0.39 is 0 Å². The van der Waals surface area contributed by atoms with Crippen LogP contribution in [0, 0.1) is 0 Å². The van der Waals surface area contributed by atoms with Crippen LogP contribution < -0.4 is 0 Å². The van der Waals surface area contributed by atoms with Crippen molar-refractivity contribution < 1.29 is 0 Å². The molecular weight excluding hydrogens is 538 g/mol. The van der Waals surface area contributed by atoms with Crippen LogP contribution in [0.15, 0.2) is 152 Å². The Labute approximate surface area is 254 Å². The number of hydrogen-bond donors (Lipinski definition) is 0. The van der Waals surface area contributed by atoms with E-state index in [1.54, 1.807) is 0 Å². The summed E-state index contributed by atoms with van der Waals surface area (Å²) in [6.07, 6.45) is 3.74. The molecule has 0 amide bonds. The van der Waals surface area contributed by atoms with Gasteiger partial charge in [0.1, 0.15) is 0 Å². The zero-order chi connectivity index (χ0) is 29.3. The highest BCUT2D eigenvalue weighted by Gasteiger charge is 2.14. The Morgan fingerprint density at radius 2 is 1.05 bits per heavy atom. The van der Waals surface area contributed by atoms with Gasteiger partial charge in [0.2, 0.25) is 0 Å². The van der Waals surface area contributed by atoms with Crippen molar-refractivity contribution in [3.8, 4) is 56.5 Å². The molecule has 0 radical (unpaired) electrons. The molecule has 0 saturated carbocycles. The maximum atomic E-state index is 5.04.